The lowest BCUT2D eigenvalue weighted by Gasteiger charge is -2.09. The van der Waals surface area contributed by atoms with Crippen LogP contribution in [0, 0.1) is 0 Å². The number of benzene rings is 1. The highest BCUT2D eigenvalue weighted by Crippen LogP contribution is 2.18. The normalized spacial score (nSPS) is 11.0. The maximum absolute atomic E-state index is 12.4. The summed E-state index contributed by atoms with van der Waals surface area (Å²) in [5.74, 6) is 1.24. The first-order valence-electron chi connectivity index (χ1n) is 7.70. The monoisotopic (exact) mass is 371 g/mol. The van der Waals surface area contributed by atoms with Crippen LogP contribution >= 0.6 is 0 Å². The zero-order chi connectivity index (χ0) is 18.4. The lowest BCUT2D eigenvalue weighted by molar-refractivity contribution is 0.414. The van der Waals surface area contributed by atoms with Gasteiger partial charge in [0.1, 0.15) is 11.6 Å². The standard InChI is InChI=1S/C17H17N5O3S/c1-25-14-4-6-15(7-5-14)26(23,24)22-17-9-8-16(20-21-17)19-12-13-3-2-10-18-11-13/h2-11H,12H2,1H3,(H,19,20)(H,21,22). The zero-order valence-corrected chi connectivity index (χ0v) is 14.8. The van der Waals surface area contributed by atoms with Crippen molar-refractivity contribution in [2.45, 2.75) is 11.4 Å². The summed E-state index contributed by atoms with van der Waals surface area (Å²) in [6, 6.07) is 13.0. The molecule has 0 amide bonds. The largest absolute Gasteiger partial charge is 0.497 e. The van der Waals surface area contributed by atoms with Gasteiger partial charge in [0.05, 0.1) is 12.0 Å². The Morgan fingerprint density at radius 1 is 1.00 bits per heavy atom. The Labute approximate surface area is 151 Å². The quantitative estimate of drug-likeness (QED) is 0.656. The van der Waals surface area contributed by atoms with E-state index in [1.54, 1.807) is 36.7 Å². The van der Waals surface area contributed by atoms with Crippen LogP contribution in [0.4, 0.5) is 11.6 Å². The minimum Gasteiger partial charge on any atom is -0.497 e. The Hall–Kier alpha value is -3.20. The van der Waals surface area contributed by atoms with Crippen LogP contribution in [0.5, 0.6) is 5.75 Å². The van der Waals surface area contributed by atoms with Crippen molar-refractivity contribution in [3.8, 4) is 5.75 Å². The third kappa shape index (κ3) is 4.45. The molecule has 0 aliphatic heterocycles. The van der Waals surface area contributed by atoms with Crippen LogP contribution < -0.4 is 14.8 Å². The van der Waals surface area contributed by atoms with Crippen LogP contribution in [0.15, 0.2) is 65.8 Å². The van der Waals surface area contributed by atoms with E-state index in [9.17, 15) is 8.42 Å². The number of rotatable bonds is 7. The Morgan fingerprint density at radius 2 is 1.73 bits per heavy atom. The Morgan fingerprint density at radius 3 is 2.35 bits per heavy atom. The van der Waals surface area contributed by atoms with Gasteiger partial charge < -0.3 is 10.1 Å². The second-order valence-electron chi connectivity index (χ2n) is 5.30. The molecule has 2 aromatic heterocycles. The van der Waals surface area contributed by atoms with E-state index in [1.807, 2.05) is 12.1 Å². The predicted molar refractivity (Wildman–Crippen MR) is 97.4 cm³/mol. The topological polar surface area (TPSA) is 106 Å². The summed E-state index contributed by atoms with van der Waals surface area (Å²) in [5, 5.41) is 11.0. The molecule has 0 radical (unpaired) electrons. The molecule has 0 atom stereocenters. The van der Waals surface area contributed by atoms with Gasteiger partial charge in [0.15, 0.2) is 5.82 Å². The van der Waals surface area contributed by atoms with Gasteiger partial charge in [-0.15, -0.1) is 10.2 Å². The highest BCUT2D eigenvalue weighted by molar-refractivity contribution is 7.92. The third-order valence-electron chi connectivity index (χ3n) is 3.47. The first-order valence-corrected chi connectivity index (χ1v) is 9.18. The lowest BCUT2D eigenvalue weighted by atomic mass is 10.3. The molecule has 0 unspecified atom stereocenters. The fraction of sp³-hybridized carbons (Fsp3) is 0.118. The molecular weight excluding hydrogens is 354 g/mol. The van der Waals surface area contributed by atoms with Gasteiger partial charge in [0, 0.05) is 18.9 Å². The SMILES string of the molecule is COc1ccc(S(=O)(=O)Nc2ccc(NCc3cccnc3)nn2)cc1. The Balaban J connectivity index is 1.64. The van der Waals surface area contributed by atoms with E-state index >= 15 is 0 Å². The summed E-state index contributed by atoms with van der Waals surface area (Å²) >= 11 is 0. The maximum Gasteiger partial charge on any atom is 0.263 e. The van der Waals surface area contributed by atoms with Gasteiger partial charge in [-0.3, -0.25) is 9.71 Å². The third-order valence-corrected chi connectivity index (χ3v) is 4.84. The minimum atomic E-state index is -3.74. The molecule has 9 heteroatoms. The Kier molecular flexibility index (Phi) is 5.28. The van der Waals surface area contributed by atoms with E-state index in [2.05, 4.69) is 25.2 Å². The predicted octanol–water partition coefficient (Wildman–Crippen LogP) is 2.29. The van der Waals surface area contributed by atoms with Gasteiger partial charge in [-0.05, 0) is 48.0 Å². The average molecular weight is 371 g/mol. The highest BCUT2D eigenvalue weighted by atomic mass is 32.2. The highest BCUT2D eigenvalue weighted by Gasteiger charge is 2.15. The molecule has 0 saturated heterocycles. The van der Waals surface area contributed by atoms with Gasteiger partial charge in [-0.1, -0.05) is 6.07 Å². The summed E-state index contributed by atoms with van der Waals surface area (Å²) in [5.41, 5.74) is 0.999. The first kappa shape index (κ1) is 17.6. The number of sulfonamides is 1. The van der Waals surface area contributed by atoms with Crippen LogP contribution in [-0.4, -0.2) is 30.7 Å². The number of aromatic nitrogens is 3. The van der Waals surface area contributed by atoms with Gasteiger partial charge in [0.2, 0.25) is 0 Å². The van der Waals surface area contributed by atoms with Gasteiger partial charge in [0.25, 0.3) is 10.0 Å². The van der Waals surface area contributed by atoms with Crippen molar-refractivity contribution < 1.29 is 13.2 Å². The molecule has 0 saturated carbocycles. The van der Waals surface area contributed by atoms with Crippen LogP contribution in [-0.2, 0) is 16.6 Å². The number of ether oxygens (including phenoxy) is 1. The lowest BCUT2D eigenvalue weighted by Crippen LogP contribution is -2.14. The fourth-order valence-electron chi connectivity index (χ4n) is 2.13. The average Bonchev–Trinajstić information content (AvgIpc) is 2.68. The number of nitrogens with one attached hydrogen (secondary N) is 2. The zero-order valence-electron chi connectivity index (χ0n) is 14.0. The van der Waals surface area contributed by atoms with Crippen LogP contribution in [0.25, 0.3) is 0 Å². The van der Waals surface area contributed by atoms with E-state index in [0.29, 0.717) is 18.1 Å². The summed E-state index contributed by atoms with van der Waals surface area (Å²) in [7, 11) is -2.23. The molecule has 0 aliphatic rings. The van der Waals surface area contributed by atoms with Crippen LogP contribution in [0.3, 0.4) is 0 Å². The molecule has 0 fully saturated rings. The Bertz CT molecular complexity index is 946. The molecule has 0 spiro atoms. The van der Waals surface area contributed by atoms with E-state index in [1.165, 1.54) is 19.2 Å². The van der Waals surface area contributed by atoms with Gasteiger partial charge in [-0.25, -0.2) is 8.42 Å². The minimum absolute atomic E-state index is 0.110. The van der Waals surface area contributed by atoms with E-state index < -0.39 is 10.0 Å². The molecule has 1 aromatic carbocycles. The van der Waals surface area contributed by atoms with Crippen molar-refractivity contribution in [2.24, 2.45) is 0 Å². The molecular formula is C17H17N5O3S. The maximum atomic E-state index is 12.4. The summed E-state index contributed by atoms with van der Waals surface area (Å²) < 4.78 is 32.1. The summed E-state index contributed by atoms with van der Waals surface area (Å²) in [6.45, 7) is 0.541. The molecule has 3 aromatic rings. The number of methoxy groups -OCH3 is 1. The molecule has 0 bridgehead atoms. The van der Waals surface area contributed by atoms with Gasteiger partial charge in [-0.2, -0.15) is 0 Å². The molecule has 26 heavy (non-hydrogen) atoms. The molecule has 0 aliphatic carbocycles. The van der Waals surface area contributed by atoms with Crippen molar-refractivity contribution in [3.63, 3.8) is 0 Å². The number of pyridine rings is 1. The second-order valence-corrected chi connectivity index (χ2v) is 6.98. The molecule has 8 nitrogen and oxygen atoms in total. The fourth-order valence-corrected chi connectivity index (χ4v) is 3.12. The molecule has 3 rings (SSSR count). The van der Waals surface area contributed by atoms with Crippen molar-refractivity contribution in [3.05, 3.63) is 66.5 Å². The number of hydrogen-bond acceptors (Lipinski definition) is 7. The number of nitrogens with zero attached hydrogens (tertiary/aromatic N) is 3. The van der Waals surface area contributed by atoms with E-state index in [4.69, 9.17) is 4.74 Å². The second kappa shape index (κ2) is 7.79. The number of anilines is 2. The molecule has 2 heterocycles. The smallest absolute Gasteiger partial charge is 0.263 e. The molecule has 134 valence electrons. The van der Waals surface area contributed by atoms with Crippen molar-refractivity contribution in [1.82, 2.24) is 15.2 Å². The van der Waals surface area contributed by atoms with E-state index in [0.717, 1.165) is 5.56 Å². The summed E-state index contributed by atoms with van der Waals surface area (Å²) in [4.78, 5) is 4.14. The van der Waals surface area contributed by atoms with Gasteiger partial charge >= 0.3 is 0 Å². The summed E-state index contributed by atoms with van der Waals surface area (Å²) in [6.07, 6.45) is 3.45. The number of hydrogen-bond donors (Lipinski definition) is 2. The van der Waals surface area contributed by atoms with Crippen molar-refractivity contribution >= 4 is 21.7 Å². The van der Waals surface area contributed by atoms with E-state index in [-0.39, 0.29) is 10.7 Å². The van der Waals surface area contributed by atoms with Crippen LogP contribution in [0.2, 0.25) is 0 Å². The molecule has 2 N–H and O–H groups in total. The van der Waals surface area contributed by atoms with Crippen molar-refractivity contribution in [1.29, 1.82) is 0 Å². The van der Waals surface area contributed by atoms with Crippen molar-refractivity contribution in [2.75, 3.05) is 17.1 Å². The van der Waals surface area contributed by atoms with Crippen LogP contribution in [0.1, 0.15) is 5.56 Å². The first-order chi connectivity index (χ1) is 12.6.